The number of rotatable bonds is 6. The van der Waals surface area contributed by atoms with Crippen LogP contribution < -0.4 is 0 Å². The molecule has 0 heterocycles. The fourth-order valence-corrected chi connectivity index (χ4v) is 2.12. The highest BCUT2D eigenvalue weighted by molar-refractivity contribution is 9.09. The van der Waals surface area contributed by atoms with E-state index in [9.17, 15) is 0 Å². The van der Waals surface area contributed by atoms with Crippen LogP contribution in [0, 0.1) is 5.92 Å². The molecule has 0 N–H and O–H groups in total. The monoisotopic (exact) mass is 268 g/mol. The van der Waals surface area contributed by atoms with Gasteiger partial charge in [-0.1, -0.05) is 60.1 Å². The number of halogens is 1. The van der Waals surface area contributed by atoms with Crippen molar-refractivity contribution in [3.8, 4) is 0 Å². The van der Waals surface area contributed by atoms with E-state index >= 15 is 0 Å². The summed E-state index contributed by atoms with van der Waals surface area (Å²) in [6.45, 7) is 4.58. The third-order valence-corrected chi connectivity index (χ3v) is 4.53. The number of aryl methyl sites for hydroxylation is 1. The SMILES string of the molecule is CCC(Br)C(C)CCCc1ccccc1. The number of benzene rings is 1. The Morgan fingerprint density at radius 2 is 1.87 bits per heavy atom. The van der Waals surface area contributed by atoms with Crippen LogP contribution in [0.25, 0.3) is 0 Å². The van der Waals surface area contributed by atoms with E-state index < -0.39 is 0 Å². The Labute approximate surface area is 102 Å². The fraction of sp³-hybridized carbons (Fsp3) is 0.571. The normalized spacial score (nSPS) is 14.9. The van der Waals surface area contributed by atoms with Gasteiger partial charge in [0.05, 0.1) is 0 Å². The average molecular weight is 269 g/mol. The summed E-state index contributed by atoms with van der Waals surface area (Å²) < 4.78 is 0. The van der Waals surface area contributed by atoms with Gasteiger partial charge < -0.3 is 0 Å². The van der Waals surface area contributed by atoms with E-state index in [0.29, 0.717) is 4.83 Å². The van der Waals surface area contributed by atoms with Crippen molar-refractivity contribution in [2.24, 2.45) is 5.92 Å². The molecule has 0 amide bonds. The highest BCUT2D eigenvalue weighted by Gasteiger charge is 2.10. The van der Waals surface area contributed by atoms with Crippen LogP contribution in [0.1, 0.15) is 38.7 Å². The lowest BCUT2D eigenvalue weighted by Crippen LogP contribution is -2.09. The molecule has 84 valence electrons. The molecule has 0 aromatic heterocycles. The minimum Gasteiger partial charge on any atom is -0.0888 e. The first-order chi connectivity index (χ1) is 7.24. The Hall–Kier alpha value is -0.300. The molecule has 0 aliphatic rings. The summed E-state index contributed by atoms with van der Waals surface area (Å²) in [6, 6.07) is 10.8. The zero-order valence-electron chi connectivity index (χ0n) is 9.75. The first-order valence-corrected chi connectivity index (χ1v) is 6.83. The van der Waals surface area contributed by atoms with Crippen molar-refractivity contribution in [2.75, 3.05) is 0 Å². The van der Waals surface area contributed by atoms with Crippen LogP contribution in [0.5, 0.6) is 0 Å². The molecule has 1 aromatic rings. The third kappa shape index (κ3) is 4.83. The first kappa shape index (κ1) is 12.8. The summed E-state index contributed by atoms with van der Waals surface area (Å²) in [7, 11) is 0. The Morgan fingerprint density at radius 3 is 2.47 bits per heavy atom. The Bertz CT molecular complexity index is 255. The quantitative estimate of drug-likeness (QED) is 0.649. The molecule has 1 rings (SSSR count). The van der Waals surface area contributed by atoms with Crippen molar-refractivity contribution in [1.82, 2.24) is 0 Å². The van der Waals surface area contributed by atoms with E-state index in [-0.39, 0.29) is 0 Å². The second kappa shape index (κ2) is 7.05. The van der Waals surface area contributed by atoms with Crippen molar-refractivity contribution in [2.45, 2.75) is 44.4 Å². The van der Waals surface area contributed by atoms with Crippen molar-refractivity contribution >= 4 is 15.9 Å². The van der Waals surface area contributed by atoms with Gasteiger partial charge in [0.2, 0.25) is 0 Å². The Balaban J connectivity index is 2.22. The lowest BCUT2D eigenvalue weighted by Gasteiger charge is -2.16. The van der Waals surface area contributed by atoms with Gasteiger partial charge >= 0.3 is 0 Å². The molecule has 0 aliphatic heterocycles. The summed E-state index contributed by atoms with van der Waals surface area (Å²) in [5, 5.41) is 0. The summed E-state index contributed by atoms with van der Waals surface area (Å²) in [5.41, 5.74) is 1.47. The molecule has 0 aliphatic carbocycles. The van der Waals surface area contributed by atoms with Gasteiger partial charge in [0.15, 0.2) is 0 Å². The largest absolute Gasteiger partial charge is 0.0888 e. The van der Waals surface area contributed by atoms with Crippen LogP contribution in [0.3, 0.4) is 0 Å². The molecule has 0 fully saturated rings. The lowest BCUT2D eigenvalue weighted by atomic mass is 9.97. The number of hydrogen-bond acceptors (Lipinski definition) is 0. The summed E-state index contributed by atoms with van der Waals surface area (Å²) >= 11 is 3.73. The van der Waals surface area contributed by atoms with Gasteiger partial charge in [0.1, 0.15) is 0 Å². The van der Waals surface area contributed by atoms with Gasteiger partial charge in [0, 0.05) is 4.83 Å². The molecule has 0 radical (unpaired) electrons. The van der Waals surface area contributed by atoms with E-state index in [1.807, 2.05) is 0 Å². The van der Waals surface area contributed by atoms with Gasteiger partial charge in [-0.25, -0.2) is 0 Å². The second-order valence-corrected chi connectivity index (χ2v) is 5.46. The highest BCUT2D eigenvalue weighted by atomic mass is 79.9. The zero-order chi connectivity index (χ0) is 11.1. The van der Waals surface area contributed by atoms with E-state index in [2.05, 4.69) is 60.1 Å². The predicted octanol–water partition coefficient (Wildman–Crippen LogP) is 4.82. The molecule has 15 heavy (non-hydrogen) atoms. The predicted molar refractivity (Wildman–Crippen MR) is 71.6 cm³/mol. The molecule has 0 saturated heterocycles. The van der Waals surface area contributed by atoms with Crippen molar-refractivity contribution in [3.63, 3.8) is 0 Å². The van der Waals surface area contributed by atoms with Gasteiger partial charge in [-0.2, -0.15) is 0 Å². The van der Waals surface area contributed by atoms with E-state index in [1.54, 1.807) is 0 Å². The third-order valence-electron chi connectivity index (χ3n) is 2.98. The molecule has 0 spiro atoms. The fourth-order valence-electron chi connectivity index (χ4n) is 1.86. The highest BCUT2D eigenvalue weighted by Crippen LogP contribution is 2.21. The zero-order valence-corrected chi connectivity index (χ0v) is 11.3. The molecule has 2 atom stereocenters. The maximum Gasteiger partial charge on any atom is 0.0168 e. The minimum atomic E-state index is 0.688. The smallest absolute Gasteiger partial charge is 0.0168 e. The summed E-state index contributed by atoms with van der Waals surface area (Å²) in [5.74, 6) is 0.790. The number of hydrogen-bond donors (Lipinski definition) is 0. The van der Waals surface area contributed by atoms with E-state index in [0.717, 1.165) is 5.92 Å². The first-order valence-electron chi connectivity index (χ1n) is 5.92. The van der Waals surface area contributed by atoms with Crippen LogP contribution in [-0.2, 0) is 6.42 Å². The van der Waals surface area contributed by atoms with Gasteiger partial charge in [-0.3, -0.25) is 0 Å². The van der Waals surface area contributed by atoms with Crippen LogP contribution >= 0.6 is 15.9 Å². The lowest BCUT2D eigenvalue weighted by molar-refractivity contribution is 0.487. The summed E-state index contributed by atoms with van der Waals surface area (Å²) in [4.78, 5) is 0.688. The van der Waals surface area contributed by atoms with Gasteiger partial charge in [-0.05, 0) is 37.2 Å². The van der Waals surface area contributed by atoms with Crippen LogP contribution in [0.4, 0.5) is 0 Å². The molecular weight excluding hydrogens is 248 g/mol. The molecule has 1 heteroatoms. The van der Waals surface area contributed by atoms with Crippen LogP contribution in [0.2, 0.25) is 0 Å². The standard InChI is InChI=1S/C14H21Br/c1-3-14(15)12(2)8-7-11-13-9-5-4-6-10-13/h4-6,9-10,12,14H,3,7-8,11H2,1-2H3. The van der Waals surface area contributed by atoms with Crippen LogP contribution in [0.15, 0.2) is 30.3 Å². The van der Waals surface area contributed by atoms with E-state index in [1.165, 1.54) is 31.2 Å². The second-order valence-electron chi connectivity index (χ2n) is 4.28. The van der Waals surface area contributed by atoms with Gasteiger partial charge in [-0.15, -0.1) is 0 Å². The molecule has 0 bridgehead atoms. The molecule has 2 unspecified atom stereocenters. The number of alkyl halides is 1. The maximum absolute atomic E-state index is 3.73. The Kier molecular flexibility index (Phi) is 6.00. The van der Waals surface area contributed by atoms with Crippen LogP contribution in [-0.4, -0.2) is 4.83 Å². The van der Waals surface area contributed by atoms with Crippen molar-refractivity contribution in [1.29, 1.82) is 0 Å². The van der Waals surface area contributed by atoms with Crippen molar-refractivity contribution in [3.05, 3.63) is 35.9 Å². The molecule has 1 aromatic carbocycles. The minimum absolute atomic E-state index is 0.688. The topological polar surface area (TPSA) is 0 Å². The van der Waals surface area contributed by atoms with E-state index in [4.69, 9.17) is 0 Å². The van der Waals surface area contributed by atoms with Gasteiger partial charge in [0.25, 0.3) is 0 Å². The summed E-state index contributed by atoms with van der Waals surface area (Å²) in [6.07, 6.45) is 5.06. The van der Waals surface area contributed by atoms with Crippen molar-refractivity contribution < 1.29 is 0 Å². The molecule has 0 saturated carbocycles. The Morgan fingerprint density at radius 1 is 1.20 bits per heavy atom. The maximum atomic E-state index is 3.73. The molecular formula is C14H21Br. The molecule has 0 nitrogen and oxygen atoms in total. The average Bonchev–Trinajstić information content (AvgIpc) is 2.29.